The Bertz CT molecular complexity index is 814. The van der Waals surface area contributed by atoms with E-state index < -0.39 is 11.2 Å². The summed E-state index contributed by atoms with van der Waals surface area (Å²) in [6, 6.07) is 2.02. The van der Waals surface area contributed by atoms with Gasteiger partial charge >= 0.3 is 5.69 Å². The lowest BCUT2D eigenvalue weighted by molar-refractivity contribution is 0.137. The second-order valence-corrected chi connectivity index (χ2v) is 4.93. The molecule has 0 aromatic carbocycles. The predicted octanol–water partition coefficient (Wildman–Crippen LogP) is 0.880. The minimum atomic E-state index is -0.476. The number of aromatic amines is 1. The van der Waals surface area contributed by atoms with Crippen LogP contribution in [0.5, 0.6) is 0 Å². The molecule has 0 aliphatic heterocycles. The highest BCUT2D eigenvalue weighted by Gasteiger charge is 2.16. The van der Waals surface area contributed by atoms with E-state index in [-0.39, 0.29) is 29.6 Å². The van der Waals surface area contributed by atoms with Crippen LogP contribution in [-0.2, 0) is 17.8 Å². The number of hydrogen-bond donors (Lipinski definition) is 1. The summed E-state index contributed by atoms with van der Waals surface area (Å²) in [7, 11) is 0. The molecule has 2 rings (SSSR count). The fraction of sp³-hybridized carbons (Fsp3) is 0.538. The van der Waals surface area contributed by atoms with Gasteiger partial charge in [0.05, 0.1) is 19.2 Å². The maximum absolute atomic E-state index is 12.5. The Morgan fingerprint density at radius 2 is 2.14 bits per heavy atom. The van der Waals surface area contributed by atoms with Crippen molar-refractivity contribution < 1.29 is 4.74 Å². The lowest BCUT2D eigenvalue weighted by atomic mass is 10.3. The number of unbranched alkanes of at least 4 members (excludes halogenated alkanes) is 1. The topological polar surface area (TPSA) is 106 Å². The predicted molar refractivity (Wildman–Crippen MR) is 81.0 cm³/mol. The summed E-state index contributed by atoms with van der Waals surface area (Å²) in [6.07, 6.45) is 0.795. The van der Waals surface area contributed by atoms with Crippen LogP contribution in [0.4, 0.5) is 0 Å². The molecule has 2 heterocycles. The molecule has 2 aromatic rings. The maximum Gasteiger partial charge on any atom is 0.332 e. The van der Waals surface area contributed by atoms with Crippen LogP contribution in [0.15, 0.2) is 9.59 Å². The van der Waals surface area contributed by atoms with Gasteiger partial charge in [-0.2, -0.15) is 10.2 Å². The van der Waals surface area contributed by atoms with Gasteiger partial charge < -0.3 is 9.72 Å². The Morgan fingerprint density at radius 1 is 1.36 bits per heavy atom. The molecule has 0 saturated heterocycles. The number of halogens is 1. The van der Waals surface area contributed by atoms with Gasteiger partial charge in [0, 0.05) is 19.6 Å². The molecule has 9 heteroatoms. The van der Waals surface area contributed by atoms with E-state index in [4.69, 9.17) is 21.6 Å². The zero-order valence-electron chi connectivity index (χ0n) is 12.1. The molecule has 118 valence electrons. The fourth-order valence-electron chi connectivity index (χ4n) is 2.15. The average Bonchev–Trinajstić information content (AvgIpc) is 2.88. The molecule has 0 aliphatic carbocycles. The number of nitrogens with zero attached hydrogens (tertiary/aromatic N) is 4. The molecule has 2 aromatic heterocycles. The fourth-order valence-corrected chi connectivity index (χ4v) is 2.33. The van der Waals surface area contributed by atoms with Crippen molar-refractivity contribution in [2.75, 3.05) is 13.2 Å². The average molecular weight is 326 g/mol. The van der Waals surface area contributed by atoms with Gasteiger partial charge in [-0.1, -0.05) is 0 Å². The van der Waals surface area contributed by atoms with Crippen molar-refractivity contribution in [3.63, 3.8) is 0 Å². The number of aromatic nitrogens is 4. The highest BCUT2D eigenvalue weighted by molar-refractivity contribution is 6.28. The Morgan fingerprint density at radius 3 is 2.82 bits per heavy atom. The molecule has 22 heavy (non-hydrogen) atoms. The monoisotopic (exact) mass is 325 g/mol. The molecular formula is C13H16ClN5O3. The van der Waals surface area contributed by atoms with Gasteiger partial charge in [-0.05, 0) is 24.9 Å². The third-order valence-electron chi connectivity index (χ3n) is 3.17. The Balaban J connectivity index is 2.52. The van der Waals surface area contributed by atoms with Crippen LogP contribution in [-0.4, -0.2) is 32.3 Å². The normalized spacial score (nSPS) is 11.0. The number of fused-ring (bicyclic) bond motifs is 1. The number of imidazole rings is 1. The summed E-state index contributed by atoms with van der Waals surface area (Å²) in [4.78, 5) is 31.5. The molecule has 0 spiro atoms. The summed E-state index contributed by atoms with van der Waals surface area (Å²) in [5, 5.41) is 8.67. The van der Waals surface area contributed by atoms with E-state index in [0.29, 0.717) is 26.0 Å². The molecule has 0 fully saturated rings. The lowest BCUT2D eigenvalue weighted by Gasteiger charge is -2.10. The first-order chi connectivity index (χ1) is 10.6. The largest absolute Gasteiger partial charge is 0.380 e. The molecule has 0 unspecified atom stereocenters. The summed E-state index contributed by atoms with van der Waals surface area (Å²) in [5.74, 6) is 0. The SMILES string of the molecule is CCOCCn1c(=O)c2[nH]c(Cl)nc2n(CCCC#N)c1=O. The zero-order chi connectivity index (χ0) is 16.1. The zero-order valence-corrected chi connectivity index (χ0v) is 12.9. The molecule has 0 saturated carbocycles. The number of H-pyrrole nitrogens is 1. The molecule has 1 N–H and O–H groups in total. The summed E-state index contributed by atoms with van der Waals surface area (Å²) < 4.78 is 7.66. The van der Waals surface area contributed by atoms with Crippen LogP contribution in [0.25, 0.3) is 11.2 Å². The summed E-state index contributed by atoms with van der Waals surface area (Å²) in [6.45, 7) is 3.04. The Hall–Kier alpha value is -2.11. The van der Waals surface area contributed by atoms with Gasteiger partial charge in [0.1, 0.15) is 0 Å². The molecule has 0 bridgehead atoms. The standard InChI is InChI=1S/C13H16ClN5O3/c1-2-22-8-7-19-11(20)9-10(17-12(14)16-9)18(13(19)21)6-4-3-5-15/h2-4,6-8H2,1H3,(H,16,17). The van der Waals surface area contributed by atoms with E-state index in [2.05, 4.69) is 9.97 Å². The number of hydrogen-bond acceptors (Lipinski definition) is 5. The second-order valence-electron chi connectivity index (χ2n) is 4.58. The molecule has 0 radical (unpaired) electrons. The minimum Gasteiger partial charge on any atom is -0.380 e. The van der Waals surface area contributed by atoms with Crippen LogP contribution >= 0.6 is 11.6 Å². The number of nitrogens with one attached hydrogen (secondary N) is 1. The van der Waals surface area contributed by atoms with Crippen molar-refractivity contribution in [2.45, 2.75) is 32.9 Å². The van der Waals surface area contributed by atoms with Crippen molar-refractivity contribution in [1.82, 2.24) is 19.1 Å². The van der Waals surface area contributed by atoms with Gasteiger partial charge in [-0.15, -0.1) is 0 Å². The Labute approximate surface area is 130 Å². The van der Waals surface area contributed by atoms with Crippen molar-refractivity contribution in [2.24, 2.45) is 0 Å². The first-order valence-corrected chi connectivity index (χ1v) is 7.31. The van der Waals surface area contributed by atoms with E-state index in [1.165, 1.54) is 4.57 Å². The minimum absolute atomic E-state index is 0.0445. The second kappa shape index (κ2) is 7.24. The van der Waals surface area contributed by atoms with Crippen molar-refractivity contribution in [3.8, 4) is 6.07 Å². The van der Waals surface area contributed by atoms with Gasteiger partial charge in [-0.3, -0.25) is 13.9 Å². The van der Waals surface area contributed by atoms with Crippen molar-refractivity contribution >= 4 is 22.8 Å². The van der Waals surface area contributed by atoms with E-state index in [9.17, 15) is 9.59 Å². The molecular weight excluding hydrogens is 310 g/mol. The number of ether oxygens (including phenoxy) is 1. The smallest absolute Gasteiger partial charge is 0.332 e. The first kappa shape index (κ1) is 16.3. The highest BCUT2D eigenvalue weighted by Crippen LogP contribution is 2.10. The molecule has 0 atom stereocenters. The quantitative estimate of drug-likeness (QED) is 0.601. The third kappa shape index (κ3) is 3.21. The van der Waals surface area contributed by atoms with Crippen LogP contribution in [0, 0.1) is 11.3 Å². The van der Waals surface area contributed by atoms with E-state index in [0.717, 1.165) is 4.57 Å². The summed E-state index contributed by atoms with van der Waals surface area (Å²) >= 11 is 5.81. The van der Waals surface area contributed by atoms with E-state index in [1.54, 1.807) is 0 Å². The third-order valence-corrected chi connectivity index (χ3v) is 3.34. The van der Waals surface area contributed by atoms with Crippen LogP contribution < -0.4 is 11.2 Å². The maximum atomic E-state index is 12.5. The van der Waals surface area contributed by atoms with Gasteiger partial charge in [-0.25, -0.2) is 4.79 Å². The lowest BCUT2D eigenvalue weighted by Crippen LogP contribution is -2.41. The highest BCUT2D eigenvalue weighted by atomic mass is 35.5. The van der Waals surface area contributed by atoms with Crippen molar-refractivity contribution in [3.05, 3.63) is 26.1 Å². The number of rotatable bonds is 7. The number of nitriles is 1. The Kier molecular flexibility index (Phi) is 5.35. The van der Waals surface area contributed by atoms with Crippen LogP contribution in [0.2, 0.25) is 5.28 Å². The van der Waals surface area contributed by atoms with Crippen LogP contribution in [0.3, 0.4) is 0 Å². The van der Waals surface area contributed by atoms with Gasteiger partial charge in [0.25, 0.3) is 5.56 Å². The summed E-state index contributed by atoms with van der Waals surface area (Å²) in [5.41, 5.74) is -0.558. The van der Waals surface area contributed by atoms with Crippen LogP contribution in [0.1, 0.15) is 19.8 Å². The number of aryl methyl sites for hydroxylation is 1. The van der Waals surface area contributed by atoms with E-state index in [1.807, 2.05) is 13.0 Å². The van der Waals surface area contributed by atoms with Crippen molar-refractivity contribution in [1.29, 1.82) is 5.26 Å². The van der Waals surface area contributed by atoms with Gasteiger partial charge in [0.2, 0.25) is 5.28 Å². The molecule has 0 amide bonds. The molecule has 8 nitrogen and oxygen atoms in total. The first-order valence-electron chi connectivity index (χ1n) is 6.93. The molecule has 0 aliphatic rings. The van der Waals surface area contributed by atoms with E-state index >= 15 is 0 Å². The van der Waals surface area contributed by atoms with Gasteiger partial charge in [0.15, 0.2) is 11.2 Å².